The molecule has 0 fully saturated rings. The molecule has 1 heterocycles. The number of nitrogens with one attached hydrogen (secondary N) is 1. The van der Waals surface area contributed by atoms with Gasteiger partial charge >= 0.3 is 0 Å². The van der Waals surface area contributed by atoms with Crippen LogP contribution in [0.3, 0.4) is 0 Å². The lowest BCUT2D eigenvalue weighted by Crippen LogP contribution is -2.00. The van der Waals surface area contributed by atoms with Crippen LogP contribution in [0.15, 0.2) is 42.5 Å². The Bertz CT molecular complexity index is 969. The minimum atomic E-state index is -1.12. The Hall–Kier alpha value is -2.78. The van der Waals surface area contributed by atoms with E-state index >= 15 is 0 Å². The number of anilines is 1. The second-order valence-corrected chi connectivity index (χ2v) is 6.52. The highest BCUT2D eigenvalue weighted by molar-refractivity contribution is 7.85. The summed E-state index contributed by atoms with van der Waals surface area (Å²) >= 11 is 0. The van der Waals surface area contributed by atoms with Crippen LogP contribution in [0.4, 0.5) is 5.69 Å². The highest BCUT2D eigenvalue weighted by Gasteiger charge is 2.17. The van der Waals surface area contributed by atoms with E-state index in [-0.39, 0.29) is 0 Å². The van der Waals surface area contributed by atoms with Crippen LogP contribution >= 0.6 is 0 Å². The van der Waals surface area contributed by atoms with Crippen molar-refractivity contribution < 1.29 is 8.95 Å². The van der Waals surface area contributed by atoms with Crippen molar-refractivity contribution in [3.63, 3.8) is 0 Å². The number of ether oxygens (including phenoxy) is 1. The third-order valence-corrected chi connectivity index (χ3v) is 4.46. The number of aromatic nitrogens is 1. The number of hydrogen-bond donors (Lipinski definition) is 1. The molecule has 1 aromatic heterocycles. The zero-order valence-electron chi connectivity index (χ0n) is 15.7. The van der Waals surface area contributed by atoms with E-state index in [9.17, 15) is 9.47 Å². The average molecular weight is 369 g/mol. The molecule has 0 saturated carbocycles. The summed E-state index contributed by atoms with van der Waals surface area (Å²) in [7, 11) is 2.44. The maximum absolute atomic E-state index is 11.2. The van der Waals surface area contributed by atoms with Crippen LogP contribution in [0.25, 0.3) is 22.2 Å². The molecule has 1 N–H and O–H groups in total. The molecular weight excluding hydrogens is 346 g/mol. The molecule has 0 aliphatic rings. The van der Waals surface area contributed by atoms with E-state index in [1.807, 2.05) is 67.9 Å². The molecule has 0 bridgehead atoms. The molecule has 6 heteroatoms. The number of nitriles is 1. The van der Waals surface area contributed by atoms with Crippen molar-refractivity contribution >= 4 is 27.6 Å². The smallest absolute Gasteiger partial charge is 0.120 e. The number of methoxy groups -OCH3 is 1. The first-order chi connectivity index (χ1) is 12.5. The van der Waals surface area contributed by atoms with Gasteiger partial charge in [-0.05, 0) is 29.8 Å². The highest BCUT2D eigenvalue weighted by Crippen LogP contribution is 2.34. The van der Waals surface area contributed by atoms with Crippen LogP contribution in [0.5, 0.6) is 5.75 Å². The van der Waals surface area contributed by atoms with E-state index in [0.29, 0.717) is 5.56 Å². The lowest BCUT2D eigenvalue weighted by atomic mass is 10.1. The van der Waals surface area contributed by atoms with Crippen molar-refractivity contribution in [2.45, 2.75) is 13.8 Å². The van der Waals surface area contributed by atoms with Crippen molar-refractivity contribution in [3.8, 4) is 23.1 Å². The molecule has 26 heavy (non-hydrogen) atoms. The normalized spacial score (nSPS) is 11.2. The summed E-state index contributed by atoms with van der Waals surface area (Å²) in [6.07, 6.45) is 1.58. The summed E-state index contributed by atoms with van der Waals surface area (Å²) in [5, 5.41) is 10.5. The first-order valence-electron chi connectivity index (χ1n) is 8.32. The van der Waals surface area contributed by atoms with Gasteiger partial charge in [-0.15, -0.1) is 0 Å². The van der Waals surface area contributed by atoms with Gasteiger partial charge in [0.05, 0.1) is 23.9 Å². The van der Waals surface area contributed by atoms with E-state index in [1.165, 1.54) is 0 Å². The van der Waals surface area contributed by atoms with Gasteiger partial charge in [0.1, 0.15) is 22.8 Å². The van der Waals surface area contributed by atoms with Crippen molar-refractivity contribution in [1.82, 2.24) is 4.57 Å². The van der Waals surface area contributed by atoms with Crippen molar-refractivity contribution in [2.24, 2.45) is 7.05 Å². The Kier molecular flexibility index (Phi) is 6.42. The van der Waals surface area contributed by atoms with Crippen LogP contribution in [-0.2, 0) is 18.0 Å². The van der Waals surface area contributed by atoms with E-state index in [2.05, 4.69) is 10.8 Å². The van der Waals surface area contributed by atoms with Crippen LogP contribution in [0.1, 0.15) is 19.4 Å². The summed E-state index contributed by atoms with van der Waals surface area (Å²) in [4.78, 5) is 0. The number of hydrogen-bond acceptors (Lipinski definition) is 3. The van der Waals surface area contributed by atoms with E-state index in [1.54, 1.807) is 13.4 Å². The number of aryl methyl sites for hydroxylation is 1. The summed E-state index contributed by atoms with van der Waals surface area (Å²) < 4.78 is 21.4. The zero-order valence-corrected chi connectivity index (χ0v) is 16.5. The summed E-state index contributed by atoms with van der Waals surface area (Å²) in [6, 6.07) is 15.6. The van der Waals surface area contributed by atoms with Gasteiger partial charge in [0.15, 0.2) is 0 Å². The Balaban J connectivity index is 0.00000117. The predicted molar refractivity (Wildman–Crippen MR) is 109 cm³/mol. The molecule has 136 valence electrons. The van der Waals surface area contributed by atoms with Gasteiger partial charge in [-0.25, -0.2) is 4.21 Å². The predicted octanol–water partition coefficient (Wildman–Crippen LogP) is 4.46. The minimum Gasteiger partial charge on any atom is -0.497 e. The molecule has 0 amide bonds. The lowest BCUT2D eigenvalue weighted by molar-refractivity contribution is 0.415. The molecule has 0 spiro atoms. The van der Waals surface area contributed by atoms with Gasteiger partial charge in [0.25, 0.3) is 0 Å². The van der Waals surface area contributed by atoms with Crippen LogP contribution in [0, 0.1) is 11.3 Å². The SMILES string of the molecule is CC.COc1ccc2c(C#N)c(-c3ccc(NS(C)=O)cc3)n(C)c2c1. The maximum atomic E-state index is 11.2. The molecule has 0 saturated heterocycles. The fraction of sp³-hybridized carbons (Fsp3) is 0.250. The summed E-state index contributed by atoms with van der Waals surface area (Å²) in [6.45, 7) is 4.00. The monoisotopic (exact) mass is 369 g/mol. The molecule has 1 atom stereocenters. The fourth-order valence-corrected chi connectivity index (χ4v) is 3.32. The summed E-state index contributed by atoms with van der Waals surface area (Å²) in [5.41, 5.74) is 4.13. The van der Waals surface area contributed by atoms with Gasteiger partial charge in [0.2, 0.25) is 0 Å². The molecule has 0 aliphatic heterocycles. The molecule has 3 rings (SSSR count). The van der Waals surface area contributed by atoms with Crippen LogP contribution < -0.4 is 9.46 Å². The van der Waals surface area contributed by atoms with Gasteiger partial charge in [-0.3, -0.25) is 0 Å². The molecule has 0 aliphatic carbocycles. The fourth-order valence-electron chi connectivity index (χ4n) is 2.86. The summed E-state index contributed by atoms with van der Waals surface area (Å²) in [5.74, 6) is 0.754. The Morgan fingerprint density at radius 3 is 2.35 bits per heavy atom. The molecule has 2 aromatic carbocycles. The Morgan fingerprint density at radius 1 is 1.15 bits per heavy atom. The van der Waals surface area contributed by atoms with Crippen LogP contribution in [0.2, 0.25) is 0 Å². The molecule has 3 aromatic rings. The van der Waals surface area contributed by atoms with Gasteiger partial charge < -0.3 is 14.0 Å². The van der Waals surface area contributed by atoms with Gasteiger partial charge in [-0.2, -0.15) is 5.26 Å². The van der Waals surface area contributed by atoms with Crippen molar-refractivity contribution in [2.75, 3.05) is 18.1 Å². The average Bonchev–Trinajstić information content (AvgIpc) is 2.95. The number of benzene rings is 2. The van der Waals surface area contributed by atoms with Gasteiger partial charge in [0, 0.05) is 30.4 Å². The Labute approximate surface area is 156 Å². The topological polar surface area (TPSA) is 67.0 Å². The number of nitrogens with zero attached hydrogens (tertiary/aromatic N) is 2. The largest absolute Gasteiger partial charge is 0.497 e. The standard InChI is InChI=1S/C18H17N3O2S.C2H6/c1-21-17-10-14(23-2)8-9-15(17)16(11-19)18(21)12-4-6-13(7-5-12)20-24(3)22;1-2/h4-10,20H,1-3H3;1-2H3. The second-order valence-electron chi connectivity index (χ2n) is 5.41. The second kappa shape index (κ2) is 8.54. The first-order valence-corrected chi connectivity index (χ1v) is 9.88. The van der Waals surface area contributed by atoms with Crippen molar-refractivity contribution in [3.05, 3.63) is 48.0 Å². The molecule has 5 nitrogen and oxygen atoms in total. The van der Waals surface area contributed by atoms with Gasteiger partial charge in [-0.1, -0.05) is 26.0 Å². The van der Waals surface area contributed by atoms with E-state index in [0.717, 1.165) is 33.6 Å². The van der Waals surface area contributed by atoms with E-state index in [4.69, 9.17) is 4.74 Å². The number of rotatable bonds is 4. The Morgan fingerprint density at radius 2 is 1.81 bits per heavy atom. The molecule has 0 radical (unpaired) electrons. The van der Waals surface area contributed by atoms with Crippen molar-refractivity contribution in [1.29, 1.82) is 5.26 Å². The third kappa shape index (κ3) is 3.73. The zero-order chi connectivity index (χ0) is 19.3. The lowest BCUT2D eigenvalue weighted by Gasteiger charge is -2.07. The quantitative estimate of drug-likeness (QED) is 0.738. The maximum Gasteiger partial charge on any atom is 0.120 e. The number of fused-ring (bicyclic) bond motifs is 1. The highest BCUT2D eigenvalue weighted by atomic mass is 32.2. The first kappa shape index (κ1) is 19.5. The molecular formula is C20H23N3O2S. The molecule has 1 unspecified atom stereocenters. The third-order valence-electron chi connectivity index (χ3n) is 3.94. The van der Waals surface area contributed by atoms with Crippen LogP contribution in [-0.4, -0.2) is 22.1 Å². The van der Waals surface area contributed by atoms with E-state index < -0.39 is 11.0 Å². The minimum absolute atomic E-state index is 0.634.